The van der Waals surface area contributed by atoms with Crippen molar-refractivity contribution in [3.05, 3.63) is 0 Å². The van der Waals surface area contributed by atoms with E-state index in [0.717, 1.165) is 12.1 Å². The summed E-state index contributed by atoms with van der Waals surface area (Å²) in [7, 11) is 6.33. The molecule has 1 N–H and O–H groups in total. The van der Waals surface area contributed by atoms with Gasteiger partial charge in [-0.15, -0.1) is 0 Å². The summed E-state index contributed by atoms with van der Waals surface area (Å²) in [6.07, 6.45) is 0. The van der Waals surface area contributed by atoms with Crippen molar-refractivity contribution in [1.82, 2.24) is 20.2 Å². The first kappa shape index (κ1) is 9.40. The van der Waals surface area contributed by atoms with Gasteiger partial charge in [-0.2, -0.15) is 0 Å². The standard InChI is InChI=1S/C9H20N4/c1-10-13-6-9(7-13)12-4-8(5-12)11(2)3/h8-10H,4-7H2,1-3H3. The summed E-state index contributed by atoms with van der Waals surface area (Å²) < 4.78 is 0. The largest absolute Gasteiger partial charge is 0.304 e. The van der Waals surface area contributed by atoms with Gasteiger partial charge < -0.3 is 4.90 Å². The van der Waals surface area contributed by atoms with Gasteiger partial charge >= 0.3 is 0 Å². The van der Waals surface area contributed by atoms with Crippen molar-refractivity contribution in [2.75, 3.05) is 47.3 Å². The maximum Gasteiger partial charge on any atom is 0.0379 e. The number of likely N-dealkylation sites (N-methyl/N-ethyl adjacent to an activating group) is 1. The van der Waals surface area contributed by atoms with Crippen molar-refractivity contribution in [2.24, 2.45) is 0 Å². The number of likely N-dealkylation sites (tertiary alicyclic amines) is 1. The molecule has 0 bridgehead atoms. The van der Waals surface area contributed by atoms with Gasteiger partial charge in [0.25, 0.3) is 0 Å². The molecule has 0 aromatic carbocycles. The lowest BCUT2D eigenvalue weighted by atomic mass is 10.0. The molecule has 0 atom stereocenters. The Balaban J connectivity index is 1.65. The van der Waals surface area contributed by atoms with E-state index in [9.17, 15) is 0 Å². The second kappa shape index (κ2) is 3.53. The van der Waals surface area contributed by atoms with E-state index < -0.39 is 0 Å². The third-order valence-electron chi connectivity index (χ3n) is 3.32. The van der Waals surface area contributed by atoms with Crippen LogP contribution in [0.3, 0.4) is 0 Å². The van der Waals surface area contributed by atoms with Gasteiger partial charge in [-0.25, -0.2) is 5.01 Å². The van der Waals surface area contributed by atoms with Crippen LogP contribution in [0.5, 0.6) is 0 Å². The second-order valence-electron chi connectivity index (χ2n) is 4.35. The van der Waals surface area contributed by atoms with Crippen molar-refractivity contribution in [1.29, 1.82) is 0 Å². The van der Waals surface area contributed by atoms with E-state index in [1.807, 2.05) is 7.05 Å². The molecule has 2 fully saturated rings. The Morgan fingerprint density at radius 1 is 1.15 bits per heavy atom. The van der Waals surface area contributed by atoms with Crippen molar-refractivity contribution < 1.29 is 0 Å². The Morgan fingerprint density at radius 2 is 1.77 bits per heavy atom. The second-order valence-corrected chi connectivity index (χ2v) is 4.35. The van der Waals surface area contributed by atoms with E-state index in [1.165, 1.54) is 26.2 Å². The average Bonchev–Trinajstić information content (AvgIpc) is 1.89. The molecular formula is C9H20N4. The predicted octanol–water partition coefficient (Wildman–Crippen LogP) is -0.949. The van der Waals surface area contributed by atoms with Crippen molar-refractivity contribution in [3.8, 4) is 0 Å². The van der Waals surface area contributed by atoms with Gasteiger partial charge in [0, 0.05) is 38.3 Å². The van der Waals surface area contributed by atoms with Gasteiger partial charge in [0.1, 0.15) is 0 Å². The summed E-state index contributed by atoms with van der Waals surface area (Å²) in [4.78, 5) is 4.91. The lowest BCUT2D eigenvalue weighted by Crippen LogP contribution is -2.70. The molecule has 2 saturated heterocycles. The minimum atomic E-state index is 0.795. The molecule has 2 aliphatic heterocycles. The van der Waals surface area contributed by atoms with Crippen LogP contribution in [-0.2, 0) is 0 Å². The Kier molecular flexibility index (Phi) is 2.55. The highest BCUT2D eigenvalue weighted by Crippen LogP contribution is 2.20. The van der Waals surface area contributed by atoms with Crippen LogP contribution in [0.15, 0.2) is 0 Å². The summed E-state index contributed by atoms with van der Waals surface area (Å²) in [5.41, 5.74) is 3.16. The summed E-state index contributed by atoms with van der Waals surface area (Å²) >= 11 is 0. The number of rotatable bonds is 3. The molecule has 0 aliphatic carbocycles. The fourth-order valence-electron chi connectivity index (χ4n) is 1.98. The number of hydrazine groups is 1. The first-order chi connectivity index (χ1) is 6.20. The highest BCUT2D eigenvalue weighted by molar-refractivity contribution is 4.95. The van der Waals surface area contributed by atoms with Crippen molar-refractivity contribution in [3.63, 3.8) is 0 Å². The molecule has 4 nitrogen and oxygen atoms in total. The maximum atomic E-state index is 3.16. The van der Waals surface area contributed by atoms with E-state index in [1.54, 1.807) is 0 Å². The third-order valence-corrected chi connectivity index (χ3v) is 3.32. The molecule has 0 unspecified atom stereocenters. The molecule has 2 rings (SSSR count). The van der Waals surface area contributed by atoms with Crippen LogP contribution in [0.25, 0.3) is 0 Å². The molecule has 0 radical (unpaired) electrons. The summed E-state index contributed by atoms with van der Waals surface area (Å²) in [5, 5.41) is 2.26. The quantitative estimate of drug-likeness (QED) is 0.610. The average molecular weight is 184 g/mol. The molecule has 2 heterocycles. The summed E-state index contributed by atoms with van der Waals surface area (Å²) in [5.74, 6) is 0. The molecule has 0 spiro atoms. The first-order valence-corrected chi connectivity index (χ1v) is 5.03. The minimum Gasteiger partial charge on any atom is -0.304 e. The van der Waals surface area contributed by atoms with Crippen molar-refractivity contribution >= 4 is 0 Å². The predicted molar refractivity (Wildman–Crippen MR) is 53.5 cm³/mol. The van der Waals surface area contributed by atoms with Gasteiger partial charge in [-0.3, -0.25) is 10.3 Å². The fraction of sp³-hybridized carbons (Fsp3) is 1.00. The van der Waals surface area contributed by atoms with Gasteiger partial charge in [0.2, 0.25) is 0 Å². The molecule has 76 valence electrons. The van der Waals surface area contributed by atoms with Crippen LogP contribution in [0, 0.1) is 0 Å². The van der Waals surface area contributed by atoms with Crippen LogP contribution >= 0.6 is 0 Å². The fourth-order valence-corrected chi connectivity index (χ4v) is 1.98. The van der Waals surface area contributed by atoms with Crippen LogP contribution in [-0.4, -0.2) is 74.2 Å². The maximum absolute atomic E-state index is 3.16. The van der Waals surface area contributed by atoms with E-state index in [2.05, 4.69) is 34.3 Å². The molecule has 2 aliphatic rings. The van der Waals surface area contributed by atoms with E-state index >= 15 is 0 Å². The smallest absolute Gasteiger partial charge is 0.0379 e. The van der Waals surface area contributed by atoms with Gasteiger partial charge in [-0.05, 0) is 21.1 Å². The highest BCUT2D eigenvalue weighted by Gasteiger charge is 2.38. The highest BCUT2D eigenvalue weighted by atomic mass is 15.6. The summed E-state index contributed by atoms with van der Waals surface area (Å²) in [6.45, 7) is 4.90. The van der Waals surface area contributed by atoms with Crippen molar-refractivity contribution in [2.45, 2.75) is 12.1 Å². The molecule has 0 aromatic rings. The molecule has 0 aromatic heterocycles. The van der Waals surface area contributed by atoms with Crippen LogP contribution < -0.4 is 5.43 Å². The van der Waals surface area contributed by atoms with E-state index in [4.69, 9.17) is 0 Å². The van der Waals surface area contributed by atoms with Gasteiger partial charge in [0.05, 0.1) is 0 Å². The lowest BCUT2D eigenvalue weighted by molar-refractivity contribution is -0.0551. The lowest BCUT2D eigenvalue weighted by Gasteiger charge is -2.53. The zero-order chi connectivity index (χ0) is 9.42. The Bertz CT molecular complexity index is 170. The minimum absolute atomic E-state index is 0.795. The Hall–Kier alpha value is -0.160. The third kappa shape index (κ3) is 1.72. The van der Waals surface area contributed by atoms with Crippen LogP contribution in [0.4, 0.5) is 0 Å². The van der Waals surface area contributed by atoms with Crippen LogP contribution in [0.1, 0.15) is 0 Å². The molecule has 0 saturated carbocycles. The van der Waals surface area contributed by atoms with E-state index in [-0.39, 0.29) is 0 Å². The zero-order valence-electron chi connectivity index (χ0n) is 8.82. The summed E-state index contributed by atoms with van der Waals surface area (Å²) in [6, 6.07) is 1.60. The number of nitrogens with zero attached hydrogens (tertiary/aromatic N) is 3. The Labute approximate surface area is 80.4 Å². The monoisotopic (exact) mass is 184 g/mol. The molecule has 13 heavy (non-hydrogen) atoms. The first-order valence-electron chi connectivity index (χ1n) is 5.03. The number of hydrogen-bond acceptors (Lipinski definition) is 4. The number of nitrogens with one attached hydrogen (secondary N) is 1. The van der Waals surface area contributed by atoms with E-state index in [0.29, 0.717) is 0 Å². The molecular weight excluding hydrogens is 164 g/mol. The van der Waals surface area contributed by atoms with Gasteiger partial charge in [-0.1, -0.05) is 0 Å². The molecule has 0 amide bonds. The normalized spacial score (nSPS) is 27.7. The van der Waals surface area contributed by atoms with Crippen LogP contribution in [0.2, 0.25) is 0 Å². The zero-order valence-corrected chi connectivity index (χ0v) is 8.82. The number of hydrogen-bond donors (Lipinski definition) is 1. The molecule has 4 heteroatoms. The van der Waals surface area contributed by atoms with Gasteiger partial charge in [0.15, 0.2) is 0 Å². The topological polar surface area (TPSA) is 21.8 Å². The SMILES string of the molecule is CNN1CC(N2CC(N(C)C)C2)C1. The Morgan fingerprint density at radius 3 is 2.23 bits per heavy atom.